The molecule has 0 saturated heterocycles. The number of fused-ring (bicyclic) bond motifs is 1. The molecule has 0 spiro atoms. The van der Waals surface area contributed by atoms with Crippen LogP contribution in [0.25, 0.3) is 10.1 Å². The number of carbonyl (C=O) groups is 1. The van der Waals surface area contributed by atoms with Gasteiger partial charge in [0.2, 0.25) is 0 Å². The van der Waals surface area contributed by atoms with Gasteiger partial charge in [-0.25, -0.2) is 0 Å². The Kier molecular flexibility index (Phi) is 3.98. The molecule has 0 aliphatic carbocycles. The van der Waals surface area contributed by atoms with Crippen LogP contribution < -0.4 is 34.7 Å². The Balaban J connectivity index is 0.000000980. The fraction of sp³-hybridized carbons (Fsp3) is 0. The fourth-order valence-electron chi connectivity index (χ4n) is 1.13. The second-order valence-electron chi connectivity index (χ2n) is 2.55. The van der Waals surface area contributed by atoms with Gasteiger partial charge in [-0.15, -0.1) is 11.3 Å². The van der Waals surface area contributed by atoms with Crippen LogP contribution in [0.3, 0.4) is 0 Å². The number of carbonyl (C=O) groups excluding carboxylic acids is 1. The molecule has 0 N–H and O–H groups in total. The number of halogens is 1. The second kappa shape index (κ2) is 4.64. The van der Waals surface area contributed by atoms with Crippen molar-refractivity contribution in [3.63, 3.8) is 0 Å². The van der Waals surface area contributed by atoms with Crippen LogP contribution in [-0.2, 0) is 0 Å². The van der Waals surface area contributed by atoms with Crippen molar-refractivity contribution in [1.82, 2.24) is 0 Å². The minimum absolute atomic E-state index is 0. The van der Waals surface area contributed by atoms with Gasteiger partial charge >= 0.3 is 29.6 Å². The number of benzene rings is 1. The van der Waals surface area contributed by atoms with E-state index in [1.54, 1.807) is 12.1 Å². The SMILES string of the molecule is O=C([O-])c1cc2c(Cl)cccc2s1.[Na+]. The van der Waals surface area contributed by atoms with Crippen LogP contribution in [0.15, 0.2) is 24.3 Å². The molecule has 0 amide bonds. The maximum absolute atomic E-state index is 10.5. The Morgan fingerprint density at radius 3 is 2.71 bits per heavy atom. The summed E-state index contributed by atoms with van der Waals surface area (Å²) in [5, 5.41) is 11.9. The zero-order valence-electron chi connectivity index (χ0n) is 7.41. The molecular formula is C9H4ClNaO2S. The van der Waals surface area contributed by atoms with Gasteiger partial charge in [0, 0.05) is 15.1 Å². The van der Waals surface area contributed by atoms with E-state index in [0.717, 1.165) is 10.1 Å². The van der Waals surface area contributed by atoms with E-state index in [2.05, 4.69) is 0 Å². The number of hydrogen-bond donors (Lipinski definition) is 0. The summed E-state index contributed by atoms with van der Waals surface area (Å²) in [7, 11) is 0. The molecule has 0 atom stereocenters. The molecule has 14 heavy (non-hydrogen) atoms. The molecule has 0 unspecified atom stereocenters. The molecule has 0 radical (unpaired) electrons. The fourth-order valence-corrected chi connectivity index (χ4v) is 2.33. The van der Waals surface area contributed by atoms with Gasteiger partial charge in [0.1, 0.15) is 0 Å². The Morgan fingerprint density at radius 2 is 2.14 bits per heavy atom. The van der Waals surface area contributed by atoms with Gasteiger partial charge in [-0.05, 0) is 18.2 Å². The summed E-state index contributed by atoms with van der Waals surface area (Å²) in [6.45, 7) is 0. The summed E-state index contributed by atoms with van der Waals surface area (Å²) in [6, 6.07) is 6.89. The normalized spacial score (nSPS) is 9.79. The van der Waals surface area contributed by atoms with E-state index in [9.17, 15) is 9.90 Å². The van der Waals surface area contributed by atoms with Gasteiger partial charge in [-0.1, -0.05) is 17.7 Å². The molecule has 5 heteroatoms. The Labute approximate surface area is 112 Å². The third-order valence-electron chi connectivity index (χ3n) is 1.71. The maximum Gasteiger partial charge on any atom is 1.00 e. The molecule has 2 aromatic rings. The van der Waals surface area contributed by atoms with Gasteiger partial charge < -0.3 is 9.90 Å². The minimum Gasteiger partial charge on any atom is -0.544 e. The van der Waals surface area contributed by atoms with Crippen molar-refractivity contribution >= 4 is 39.0 Å². The summed E-state index contributed by atoms with van der Waals surface area (Å²) >= 11 is 7.04. The molecular weight excluding hydrogens is 231 g/mol. The van der Waals surface area contributed by atoms with Crippen molar-refractivity contribution in [1.29, 1.82) is 0 Å². The van der Waals surface area contributed by atoms with Crippen LogP contribution in [0.1, 0.15) is 9.67 Å². The van der Waals surface area contributed by atoms with E-state index in [1.165, 1.54) is 17.4 Å². The first-order chi connectivity index (χ1) is 6.18. The second-order valence-corrected chi connectivity index (χ2v) is 4.04. The molecule has 1 heterocycles. The summed E-state index contributed by atoms with van der Waals surface area (Å²) < 4.78 is 0.867. The zero-order chi connectivity index (χ0) is 9.42. The number of hydrogen-bond acceptors (Lipinski definition) is 3. The number of carboxylic acids is 1. The molecule has 0 aliphatic heterocycles. The van der Waals surface area contributed by atoms with E-state index >= 15 is 0 Å². The van der Waals surface area contributed by atoms with Crippen molar-refractivity contribution in [2.45, 2.75) is 0 Å². The molecule has 0 bridgehead atoms. The Hall–Kier alpha value is -0.0600. The standard InChI is InChI=1S/C9H5ClO2S.Na/c10-6-2-1-3-7-5(6)4-8(13-7)9(11)12;/h1-4H,(H,11,12);/q;+1/p-1. The van der Waals surface area contributed by atoms with Crippen LogP contribution in [0.2, 0.25) is 5.02 Å². The van der Waals surface area contributed by atoms with Crippen LogP contribution in [0, 0.1) is 0 Å². The van der Waals surface area contributed by atoms with E-state index in [-0.39, 0.29) is 34.4 Å². The third-order valence-corrected chi connectivity index (χ3v) is 3.12. The van der Waals surface area contributed by atoms with Crippen LogP contribution in [-0.4, -0.2) is 5.97 Å². The molecule has 2 nitrogen and oxygen atoms in total. The molecule has 0 saturated carbocycles. The molecule has 0 aliphatic rings. The number of carboxylic acid groups (broad SMARTS) is 1. The van der Waals surface area contributed by atoms with E-state index in [0.29, 0.717) is 5.02 Å². The predicted octanol–water partition coefficient (Wildman–Crippen LogP) is -1.08. The monoisotopic (exact) mass is 234 g/mol. The maximum atomic E-state index is 10.5. The molecule has 2 rings (SSSR count). The predicted molar refractivity (Wildman–Crippen MR) is 51.2 cm³/mol. The molecule has 66 valence electrons. The van der Waals surface area contributed by atoms with Crippen LogP contribution >= 0.6 is 22.9 Å². The summed E-state index contributed by atoms with van der Waals surface area (Å²) in [6.07, 6.45) is 0. The van der Waals surface area contributed by atoms with Crippen LogP contribution in [0.5, 0.6) is 0 Å². The van der Waals surface area contributed by atoms with Crippen molar-refractivity contribution < 1.29 is 39.5 Å². The van der Waals surface area contributed by atoms with E-state index < -0.39 is 5.97 Å². The number of aromatic carboxylic acids is 1. The zero-order valence-corrected chi connectivity index (χ0v) is 11.0. The van der Waals surface area contributed by atoms with E-state index in [1.807, 2.05) is 6.07 Å². The van der Waals surface area contributed by atoms with Crippen molar-refractivity contribution in [2.24, 2.45) is 0 Å². The summed E-state index contributed by atoms with van der Waals surface area (Å²) in [4.78, 5) is 10.7. The first-order valence-corrected chi connectivity index (χ1v) is 4.77. The third kappa shape index (κ3) is 2.12. The van der Waals surface area contributed by atoms with E-state index in [4.69, 9.17) is 11.6 Å². The average Bonchev–Trinajstić information content (AvgIpc) is 2.49. The number of rotatable bonds is 1. The van der Waals surface area contributed by atoms with Crippen molar-refractivity contribution in [2.75, 3.05) is 0 Å². The quantitative estimate of drug-likeness (QED) is 0.589. The first-order valence-electron chi connectivity index (χ1n) is 3.58. The van der Waals surface area contributed by atoms with Gasteiger partial charge in [0.15, 0.2) is 0 Å². The molecule has 1 aromatic carbocycles. The number of thiophene rings is 1. The van der Waals surface area contributed by atoms with Gasteiger partial charge in [-0.3, -0.25) is 0 Å². The van der Waals surface area contributed by atoms with Crippen molar-refractivity contribution in [3.05, 3.63) is 34.2 Å². The largest absolute Gasteiger partial charge is 1.00 e. The first kappa shape index (κ1) is 12.0. The van der Waals surface area contributed by atoms with Crippen LogP contribution in [0.4, 0.5) is 0 Å². The van der Waals surface area contributed by atoms with Gasteiger partial charge in [-0.2, -0.15) is 0 Å². The molecule has 0 fully saturated rings. The van der Waals surface area contributed by atoms with Crippen molar-refractivity contribution in [3.8, 4) is 0 Å². The van der Waals surface area contributed by atoms with Gasteiger partial charge in [0.25, 0.3) is 0 Å². The van der Waals surface area contributed by atoms with Gasteiger partial charge in [0.05, 0.1) is 10.8 Å². The topological polar surface area (TPSA) is 40.1 Å². The smallest absolute Gasteiger partial charge is 0.544 e. The molecule has 1 aromatic heterocycles. The summed E-state index contributed by atoms with van der Waals surface area (Å²) in [5.74, 6) is -1.16. The average molecular weight is 235 g/mol. The summed E-state index contributed by atoms with van der Waals surface area (Å²) in [5.41, 5.74) is 0. The minimum atomic E-state index is -1.16. The Morgan fingerprint density at radius 1 is 1.43 bits per heavy atom. The Bertz CT molecular complexity index is 481.